The Morgan fingerprint density at radius 1 is 1.28 bits per heavy atom. The third-order valence-electron chi connectivity index (χ3n) is 5.12. The van der Waals surface area contributed by atoms with Gasteiger partial charge in [-0.15, -0.1) is 0 Å². The first-order valence-electron chi connectivity index (χ1n) is 8.70. The standard InChI is InChI=1S/C19H24N2O4/c1-25-18(22)10-6-12-20-11-5-4-9-16(20)17-13-14-7-2-3-8-15(14)21(17)19(23)24/h2-3,6-8,10,16-17H,4-5,9,11-13H2,1H3,(H,23,24)/t16?,17-/m0/s1. The second kappa shape index (κ2) is 7.70. The van der Waals surface area contributed by atoms with Crippen LogP contribution in [0.5, 0.6) is 0 Å². The minimum atomic E-state index is -0.898. The average Bonchev–Trinajstić information content (AvgIpc) is 3.01. The van der Waals surface area contributed by atoms with Gasteiger partial charge in [-0.05, 0) is 37.4 Å². The van der Waals surface area contributed by atoms with Crippen LogP contribution in [0.1, 0.15) is 24.8 Å². The van der Waals surface area contributed by atoms with Crippen LogP contribution in [0.3, 0.4) is 0 Å². The van der Waals surface area contributed by atoms with E-state index < -0.39 is 6.09 Å². The number of rotatable bonds is 4. The van der Waals surface area contributed by atoms with Crippen LogP contribution in [0, 0.1) is 0 Å². The molecular formula is C19H24N2O4. The summed E-state index contributed by atoms with van der Waals surface area (Å²) in [5.41, 5.74) is 1.89. The smallest absolute Gasteiger partial charge is 0.412 e. The molecule has 1 aromatic rings. The zero-order chi connectivity index (χ0) is 17.8. The van der Waals surface area contributed by atoms with Crippen LogP contribution in [0.4, 0.5) is 10.5 Å². The van der Waals surface area contributed by atoms with E-state index in [9.17, 15) is 14.7 Å². The summed E-state index contributed by atoms with van der Waals surface area (Å²) in [5, 5.41) is 9.76. The van der Waals surface area contributed by atoms with Crippen LogP contribution < -0.4 is 4.90 Å². The van der Waals surface area contributed by atoms with Gasteiger partial charge in [-0.25, -0.2) is 9.59 Å². The predicted molar refractivity (Wildman–Crippen MR) is 94.8 cm³/mol. The van der Waals surface area contributed by atoms with Crippen molar-refractivity contribution in [1.29, 1.82) is 0 Å². The number of para-hydroxylation sites is 1. The van der Waals surface area contributed by atoms with Gasteiger partial charge in [0.2, 0.25) is 0 Å². The van der Waals surface area contributed by atoms with Crippen molar-refractivity contribution < 1.29 is 19.4 Å². The maximum absolute atomic E-state index is 11.9. The van der Waals surface area contributed by atoms with Gasteiger partial charge in [-0.3, -0.25) is 9.80 Å². The van der Waals surface area contributed by atoms with Crippen molar-refractivity contribution in [2.75, 3.05) is 25.1 Å². The molecule has 0 aliphatic carbocycles. The maximum Gasteiger partial charge on any atom is 0.412 e. The van der Waals surface area contributed by atoms with Crippen LogP contribution in [0.15, 0.2) is 36.4 Å². The molecule has 1 aromatic carbocycles. The molecule has 1 amide bonds. The molecule has 2 heterocycles. The molecule has 6 heteroatoms. The number of ether oxygens (including phenoxy) is 1. The van der Waals surface area contributed by atoms with E-state index in [0.29, 0.717) is 6.54 Å². The van der Waals surface area contributed by atoms with Crippen molar-refractivity contribution in [2.45, 2.75) is 37.8 Å². The summed E-state index contributed by atoms with van der Waals surface area (Å²) in [4.78, 5) is 27.0. The normalized spacial score (nSPS) is 23.6. The largest absolute Gasteiger partial charge is 0.466 e. The average molecular weight is 344 g/mol. The van der Waals surface area contributed by atoms with Crippen molar-refractivity contribution in [2.24, 2.45) is 0 Å². The Labute approximate surface area is 147 Å². The first-order valence-corrected chi connectivity index (χ1v) is 8.70. The Bertz CT molecular complexity index is 673. The number of benzene rings is 1. The predicted octanol–water partition coefficient (Wildman–Crippen LogP) is 2.68. The van der Waals surface area contributed by atoms with Crippen molar-refractivity contribution in [1.82, 2.24) is 4.90 Å². The minimum Gasteiger partial charge on any atom is -0.466 e. The topological polar surface area (TPSA) is 70.1 Å². The summed E-state index contributed by atoms with van der Waals surface area (Å²) in [6, 6.07) is 7.80. The van der Waals surface area contributed by atoms with Gasteiger partial charge in [0.05, 0.1) is 18.8 Å². The maximum atomic E-state index is 11.9. The lowest BCUT2D eigenvalue weighted by Crippen LogP contribution is -2.54. The van der Waals surface area contributed by atoms with E-state index in [2.05, 4.69) is 9.64 Å². The van der Waals surface area contributed by atoms with E-state index in [-0.39, 0.29) is 18.1 Å². The Hall–Kier alpha value is -2.34. The van der Waals surface area contributed by atoms with Crippen LogP contribution in [0.25, 0.3) is 0 Å². The van der Waals surface area contributed by atoms with Gasteiger partial charge in [0.1, 0.15) is 0 Å². The highest BCUT2D eigenvalue weighted by Crippen LogP contribution is 2.36. The molecule has 1 N–H and O–H groups in total. The summed E-state index contributed by atoms with van der Waals surface area (Å²) < 4.78 is 4.63. The number of carbonyl (C=O) groups excluding carboxylic acids is 1. The Balaban J connectivity index is 1.79. The Morgan fingerprint density at radius 3 is 2.84 bits per heavy atom. The van der Waals surface area contributed by atoms with Crippen LogP contribution in [0.2, 0.25) is 0 Å². The number of hydrogen-bond acceptors (Lipinski definition) is 4. The summed E-state index contributed by atoms with van der Waals surface area (Å²) in [7, 11) is 1.36. The van der Waals surface area contributed by atoms with Crippen LogP contribution >= 0.6 is 0 Å². The van der Waals surface area contributed by atoms with Gasteiger partial charge in [0, 0.05) is 18.7 Å². The highest BCUT2D eigenvalue weighted by atomic mass is 16.5. The number of carboxylic acid groups (broad SMARTS) is 1. The van der Waals surface area contributed by atoms with Gasteiger partial charge < -0.3 is 9.84 Å². The van der Waals surface area contributed by atoms with E-state index in [1.54, 1.807) is 6.08 Å². The molecule has 2 atom stereocenters. The molecule has 0 radical (unpaired) electrons. The molecule has 0 aromatic heterocycles. The first-order chi connectivity index (χ1) is 12.1. The number of fused-ring (bicyclic) bond motifs is 1. The van der Waals surface area contributed by atoms with Gasteiger partial charge in [0.25, 0.3) is 0 Å². The minimum absolute atomic E-state index is 0.0817. The van der Waals surface area contributed by atoms with Crippen LogP contribution in [-0.2, 0) is 16.0 Å². The number of esters is 1. The molecule has 3 rings (SSSR count). The number of hydrogen-bond donors (Lipinski definition) is 1. The molecule has 0 bridgehead atoms. The molecule has 6 nitrogen and oxygen atoms in total. The van der Waals surface area contributed by atoms with E-state index in [1.165, 1.54) is 18.1 Å². The lowest BCUT2D eigenvalue weighted by molar-refractivity contribution is -0.134. The van der Waals surface area contributed by atoms with Crippen molar-refractivity contribution in [3.05, 3.63) is 42.0 Å². The fraction of sp³-hybridized carbons (Fsp3) is 0.474. The van der Waals surface area contributed by atoms with Crippen molar-refractivity contribution in [3.63, 3.8) is 0 Å². The molecule has 134 valence electrons. The number of amides is 1. The summed E-state index contributed by atoms with van der Waals surface area (Å²) in [6.07, 6.45) is 6.24. The molecule has 1 fully saturated rings. The van der Waals surface area contributed by atoms with E-state index in [0.717, 1.165) is 43.5 Å². The third-order valence-corrected chi connectivity index (χ3v) is 5.12. The molecule has 2 aliphatic heterocycles. The second-order valence-electron chi connectivity index (χ2n) is 6.54. The molecule has 0 spiro atoms. The zero-order valence-electron chi connectivity index (χ0n) is 14.4. The number of likely N-dealkylation sites (tertiary alicyclic amines) is 1. The van der Waals surface area contributed by atoms with Crippen LogP contribution in [-0.4, -0.2) is 54.4 Å². The molecule has 0 saturated carbocycles. The fourth-order valence-electron chi connectivity index (χ4n) is 4.00. The highest BCUT2D eigenvalue weighted by Gasteiger charge is 2.41. The zero-order valence-corrected chi connectivity index (χ0v) is 14.4. The highest BCUT2D eigenvalue weighted by molar-refractivity contribution is 5.90. The lowest BCUT2D eigenvalue weighted by Gasteiger charge is -2.41. The monoisotopic (exact) mass is 344 g/mol. The Morgan fingerprint density at radius 2 is 2.08 bits per heavy atom. The molecular weight excluding hydrogens is 320 g/mol. The number of methoxy groups -OCH3 is 1. The number of carbonyl (C=O) groups is 2. The molecule has 1 saturated heterocycles. The van der Waals surface area contributed by atoms with Gasteiger partial charge in [-0.2, -0.15) is 0 Å². The summed E-state index contributed by atoms with van der Waals surface area (Å²) in [5.74, 6) is -0.367. The number of piperidine rings is 1. The van der Waals surface area contributed by atoms with E-state index >= 15 is 0 Å². The second-order valence-corrected chi connectivity index (χ2v) is 6.54. The molecule has 25 heavy (non-hydrogen) atoms. The van der Waals surface area contributed by atoms with E-state index in [4.69, 9.17) is 0 Å². The quantitative estimate of drug-likeness (QED) is 0.672. The molecule has 1 unspecified atom stereocenters. The fourth-order valence-corrected chi connectivity index (χ4v) is 4.00. The van der Waals surface area contributed by atoms with Crippen molar-refractivity contribution in [3.8, 4) is 0 Å². The number of nitrogens with zero attached hydrogens (tertiary/aromatic N) is 2. The van der Waals surface area contributed by atoms with Gasteiger partial charge in [-0.1, -0.05) is 30.7 Å². The SMILES string of the molecule is COC(=O)C=CCN1CCCCC1[C@@H]1Cc2ccccc2N1C(=O)O. The molecule has 2 aliphatic rings. The summed E-state index contributed by atoms with van der Waals surface area (Å²) >= 11 is 0. The third kappa shape index (κ3) is 3.69. The van der Waals surface area contributed by atoms with Gasteiger partial charge >= 0.3 is 12.1 Å². The van der Waals surface area contributed by atoms with E-state index in [1.807, 2.05) is 24.3 Å². The first kappa shape index (κ1) is 17.5. The number of anilines is 1. The van der Waals surface area contributed by atoms with Crippen molar-refractivity contribution >= 4 is 17.7 Å². The summed E-state index contributed by atoms with van der Waals surface area (Å²) in [6.45, 7) is 1.54. The lowest BCUT2D eigenvalue weighted by atomic mass is 9.93. The van der Waals surface area contributed by atoms with Gasteiger partial charge in [0.15, 0.2) is 0 Å². The Kier molecular flexibility index (Phi) is 5.38.